The second-order valence-corrected chi connectivity index (χ2v) is 7.70. The van der Waals surface area contributed by atoms with Crippen LogP contribution in [0.25, 0.3) is 0 Å². The number of halogens is 1. The molecule has 8 nitrogen and oxygen atoms in total. The van der Waals surface area contributed by atoms with E-state index in [-0.39, 0.29) is 5.91 Å². The molecule has 0 aliphatic carbocycles. The second-order valence-electron chi connectivity index (χ2n) is 6.26. The van der Waals surface area contributed by atoms with Crippen molar-refractivity contribution in [3.05, 3.63) is 51.8 Å². The Morgan fingerprint density at radius 3 is 2.86 bits per heavy atom. The Labute approximate surface area is 172 Å². The summed E-state index contributed by atoms with van der Waals surface area (Å²) in [7, 11) is 0. The van der Waals surface area contributed by atoms with Crippen molar-refractivity contribution in [3.63, 3.8) is 0 Å². The number of nitrogens with two attached hydrogens (primary N) is 1. The van der Waals surface area contributed by atoms with Crippen LogP contribution >= 0.6 is 22.9 Å². The van der Waals surface area contributed by atoms with Gasteiger partial charge in [0.05, 0.1) is 16.9 Å². The van der Waals surface area contributed by atoms with E-state index in [2.05, 4.69) is 20.9 Å². The summed E-state index contributed by atoms with van der Waals surface area (Å²) < 4.78 is 0. The van der Waals surface area contributed by atoms with Crippen LogP contribution in [0.2, 0.25) is 5.02 Å². The molecule has 1 saturated heterocycles. The molecule has 0 bridgehead atoms. The molecule has 2 aromatic rings. The average Bonchev–Trinajstić information content (AvgIpc) is 3.14. The summed E-state index contributed by atoms with van der Waals surface area (Å²) in [6.07, 6.45) is 3.03. The van der Waals surface area contributed by atoms with Gasteiger partial charge in [-0.3, -0.25) is 10.2 Å². The van der Waals surface area contributed by atoms with Gasteiger partial charge in [-0.05, 0) is 18.6 Å². The van der Waals surface area contributed by atoms with Crippen LogP contribution in [-0.2, 0) is 0 Å². The van der Waals surface area contributed by atoms with Crippen molar-refractivity contribution in [2.45, 2.75) is 6.92 Å². The number of aryl methyl sites for hydroxylation is 1. The van der Waals surface area contributed by atoms with Gasteiger partial charge >= 0.3 is 0 Å². The van der Waals surface area contributed by atoms with Crippen LogP contribution in [0.5, 0.6) is 0 Å². The van der Waals surface area contributed by atoms with Crippen LogP contribution in [0, 0.1) is 12.3 Å². The third-order valence-electron chi connectivity index (χ3n) is 4.19. The number of amides is 1. The van der Waals surface area contributed by atoms with Crippen LogP contribution in [-0.4, -0.2) is 47.8 Å². The number of nitrogens with one attached hydrogen (secondary N) is 4. The number of anilines is 2. The Hall–Kier alpha value is -2.62. The van der Waals surface area contributed by atoms with Crippen LogP contribution in [0.1, 0.15) is 15.2 Å². The first kappa shape index (κ1) is 20.1. The number of aromatic nitrogens is 1. The quantitative estimate of drug-likeness (QED) is 0.375. The minimum atomic E-state index is -0.294. The van der Waals surface area contributed by atoms with Crippen molar-refractivity contribution in [1.29, 1.82) is 5.41 Å². The third kappa shape index (κ3) is 5.00. The van der Waals surface area contributed by atoms with E-state index < -0.39 is 0 Å². The van der Waals surface area contributed by atoms with E-state index in [4.69, 9.17) is 22.7 Å². The first-order valence-corrected chi connectivity index (χ1v) is 9.94. The normalized spacial score (nSPS) is 14.6. The molecule has 2 heterocycles. The van der Waals surface area contributed by atoms with E-state index >= 15 is 0 Å². The standard InChI is InChI=1S/C18H22ClN7OS/c1-11-3-2-4-12(19)16(11)25-17(27)13-10-23-18(28-13)24-14(20)9-15(21)26-7-5-22-6-8-26/h2-4,9-10,21-22H,5-8,20H2,1H3,(H,23,24)(H,25,27)/b14-9+,21-15?. The Balaban J connectivity index is 1.62. The lowest BCUT2D eigenvalue weighted by molar-refractivity contribution is 0.103. The molecule has 28 heavy (non-hydrogen) atoms. The molecular formula is C18H22ClN7OS. The minimum Gasteiger partial charge on any atom is -0.385 e. The molecule has 3 rings (SSSR count). The number of para-hydroxylation sites is 1. The summed E-state index contributed by atoms with van der Waals surface area (Å²) in [6, 6.07) is 5.43. The van der Waals surface area contributed by atoms with Gasteiger partial charge in [-0.25, -0.2) is 4.98 Å². The minimum absolute atomic E-state index is 0.294. The largest absolute Gasteiger partial charge is 0.385 e. The molecule has 10 heteroatoms. The summed E-state index contributed by atoms with van der Waals surface area (Å²) in [5.41, 5.74) is 7.44. The molecule has 1 aromatic heterocycles. The van der Waals surface area contributed by atoms with Crippen molar-refractivity contribution in [2.75, 3.05) is 36.8 Å². The maximum absolute atomic E-state index is 12.5. The molecule has 148 valence electrons. The topological polar surface area (TPSA) is 119 Å². The fraction of sp³-hybridized carbons (Fsp3) is 0.278. The van der Waals surface area contributed by atoms with E-state index in [9.17, 15) is 4.79 Å². The highest BCUT2D eigenvalue weighted by molar-refractivity contribution is 7.17. The molecule has 1 aromatic carbocycles. The van der Waals surface area contributed by atoms with Crippen LogP contribution in [0.15, 0.2) is 36.3 Å². The molecule has 0 unspecified atom stereocenters. The van der Waals surface area contributed by atoms with E-state index in [1.165, 1.54) is 17.5 Å². The first-order valence-electron chi connectivity index (χ1n) is 8.75. The number of benzene rings is 1. The smallest absolute Gasteiger partial charge is 0.267 e. The fourth-order valence-electron chi connectivity index (χ4n) is 2.71. The SMILES string of the molecule is Cc1cccc(Cl)c1NC(=O)c1cnc(N/C(N)=C/C(=N)N2CCNCC2)s1. The molecule has 1 fully saturated rings. The zero-order chi connectivity index (χ0) is 20.1. The van der Waals surface area contributed by atoms with Crippen molar-refractivity contribution < 1.29 is 4.79 Å². The molecule has 6 N–H and O–H groups in total. The third-order valence-corrected chi connectivity index (χ3v) is 5.42. The fourth-order valence-corrected chi connectivity index (χ4v) is 3.71. The van der Waals surface area contributed by atoms with E-state index in [0.29, 0.717) is 32.4 Å². The van der Waals surface area contributed by atoms with Gasteiger partial charge in [0.15, 0.2) is 5.13 Å². The lowest BCUT2D eigenvalue weighted by Crippen LogP contribution is -2.45. The Morgan fingerprint density at radius 2 is 2.14 bits per heavy atom. The van der Waals surface area contributed by atoms with Gasteiger partial charge in [-0.15, -0.1) is 0 Å². The highest BCUT2D eigenvalue weighted by Gasteiger charge is 2.15. The predicted molar refractivity (Wildman–Crippen MR) is 114 cm³/mol. The summed E-state index contributed by atoms with van der Waals surface area (Å²) in [6.45, 7) is 5.11. The number of nitrogens with zero attached hydrogens (tertiary/aromatic N) is 2. The number of piperazine rings is 1. The van der Waals surface area contributed by atoms with Gasteiger partial charge in [-0.2, -0.15) is 0 Å². The highest BCUT2D eigenvalue weighted by atomic mass is 35.5. The zero-order valence-corrected chi connectivity index (χ0v) is 17.0. The summed E-state index contributed by atoms with van der Waals surface area (Å²) in [5, 5.41) is 18.1. The predicted octanol–water partition coefficient (Wildman–Crippen LogP) is 2.45. The number of amidine groups is 1. The first-order chi connectivity index (χ1) is 13.4. The van der Waals surface area contributed by atoms with E-state index in [1.807, 2.05) is 24.0 Å². The van der Waals surface area contributed by atoms with Crippen molar-refractivity contribution in [2.24, 2.45) is 5.73 Å². The Morgan fingerprint density at radius 1 is 1.39 bits per heavy atom. The van der Waals surface area contributed by atoms with Gasteiger partial charge < -0.3 is 26.6 Å². The Kier molecular flexibility index (Phi) is 6.50. The van der Waals surface area contributed by atoms with Crippen LogP contribution < -0.4 is 21.7 Å². The molecule has 1 aliphatic rings. The van der Waals surface area contributed by atoms with Crippen molar-refractivity contribution in [1.82, 2.24) is 15.2 Å². The van der Waals surface area contributed by atoms with Crippen molar-refractivity contribution >= 4 is 45.5 Å². The highest BCUT2D eigenvalue weighted by Crippen LogP contribution is 2.27. The molecule has 1 aliphatic heterocycles. The van der Waals surface area contributed by atoms with Crippen molar-refractivity contribution in [3.8, 4) is 0 Å². The Bertz CT molecular complexity index is 885. The molecule has 0 spiro atoms. The van der Waals surface area contributed by atoms with Gasteiger partial charge in [0, 0.05) is 32.3 Å². The van der Waals surface area contributed by atoms with Crippen LogP contribution in [0.3, 0.4) is 0 Å². The lowest BCUT2D eigenvalue weighted by atomic mass is 10.2. The number of thiazole rings is 1. The number of carbonyl (C=O) groups excluding carboxylic acids is 1. The van der Waals surface area contributed by atoms with Gasteiger partial charge in [0.1, 0.15) is 16.5 Å². The molecule has 1 amide bonds. The van der Waals surface area contributed by atoms with Gasteiger partial charge in [0.25, 0.3) is 5.91 Å². The van der Waals surface area contributed by atoms with Crippen LogP contribution in [0.4, 0.5) is 10.8 Å². The second kappa shape index (κ2) is 9.05. The zero-order valence-electron chi connectivity index (χ0n) is 15.4. The summed E-state index contributed by atoms with van der Waals surface area (Å²) in [4.78, 5) is 19.0. The van der Waals surface area contributed by atoms with Gasteiger partial charge in [-0.1, -0.05) is 35.1 Å². The number of carbonyl (C=O) groups is 1. The number of hydrogen-bond acceptors (Lipinski definition) is 7. The number of rotatable bonds is 5. The van der Waals surface area contributed by atoms with E-state index in [0.717, 1.165) is 31.7 Å². The van der Waals surface area contributed by atoms with Gasteiger partial charge in [0.2, 0.25) is 0 Å². The molecular weight excluding hydrogens is 398 g/mol. The monoisotopic (exact) mass is 419 g/mol. The van der Waals surface area contributed by atoms with E-state index in [1.54, 1.807) is 12.1 Å². The summed E-state index contributed by atoms with van der Waals surface area (Å²) in [5.74, 6) is 0.347. The molecule has 0 radical (unpaired) electrons. The summed E-state index contributed by atoms with van der Waals surface area (Å²) >= 11 is 7.33. The number of hydrogen-bond donors (Lipinski definition) is 5. The maximum Gasteiger partial charge on any atom is 0.267 e. The average molecular weight is 420 g/mol. The molecule has 0 atom stereocenters. The lowest BCUT2D eigenvalue weighted by Gasteiger charge is -2.28. The molecule has 0 saturated carbocycles. The maximum atomic E-state index is 12.5.